The standard InChI is InChI=1S/C15H25N3O/c1-19-14-5-3-13(4-6-14)17-10-12-2-7-15-16-8-9-18(15)11-12/h8-9,12-14,17H,2-7,10-11H2,1H3. The number of methoxy groups -OCH3 is 1. The summed E-state index contributed by atoms with van der Waals surface area (Å²) in [6, 6.07) is 0.704. The minimum Gasteiger partial charge on any atom is -0.381 e. The van der Waals surface area contributed by atoms with Crippen molar-refractivity contribution in [3.05, 3.63) is 18.2 Å². The van der Waals surface area contributed by atoms with Crippen molar-refractivity contribution in [2.75, 3.05) is 13.7 Å². The fraction of sp³-hybridized carbons (Fsp3) is 0.800. The number of hydrogen-bond acceptors (Lipinski definition) is 3. The highest BCUT2D eigenvalue weighted by Gasteiger charge is 2.23. The van der Waals surface area contributed by atoms with E-state index in [1.165, 1.54) is 37.9 Å². The summed E-state index contributed by atoms with van der Waals surface area (Å²) in [5.74, 6) is 2.03. The lowest BCUT2D eigenvalue weighted by Gasteiger charge is -2.31. The summed E-state index contributed by atoms with van der Waals surface area (Å²) in [7, 11) is 1.84. The van der Waals surface area contributed by atoms with Crippen molar-refractivity contribution in [2.45, 2.75) is 57.2 Å². The lowest BCUT2D eigenvalue weighted by atomic mass is 9.92. The second-order valence-electron chi connectivity index (χ2n) is 6.02. The molecule has 1 atom stereocenters. The van der Waals surface area contributed by atoms with E-state index in [-0.39, 0.29) is 0 Å². The van der Waals surface area contributed by atoms with Gasteiger partial charge in [-0.3, -0.25) is 0 Å². The second-order valence-corrected chi connectivity index (χ2v) is 6.02. The highest BCUT2D eigenvalue weighted by Crippen LogP contribution is 2.22. The molecule has 0 amide bonds. The molecule has 1 aliphatic carbocycles. The van der Waals surface area contributed by atoms with Gasteiger partial charge in [-0.05, 0) is 44.6 Å². The Hall–Kier alpha value is -0.870. The van der Waals surface area contributed by atoms with Gasteiger partial charge in [0.2, 0.25) is 0 Å². The van der Waals surface area contributed by atoms with Crippen LogP contribution in [0.3, 0.4) is 0 Å². The van der Waals surface area contributed by atoms with Gasteiger partial charge in [0.05, 0.1) is 6.10 Å². The number of nitrogens with one attached hydrogen (secondary N) is 1. The maximum Gasteiger partial charge on any atom is 0.108 e. The fourth-order valence-corrected chi connectivity index (χ4v) is 3.44. The molecule has 1 aliphatic heterocycles. The van der Waals surface area contributed by atoms with Crippen LogP contribution >= 0.6 is 0 Å². The third kappa shape index (κ3) is 3.18. The quantitative estimate of drug-likeness (QED) is 0.903. The molecule has 4 heteroatoms. The number of ether oxygens (including phenoxy) is 1. The summed E-state index contributed by atoms with van der Waals surface area (Å²) in [5, 5.41) is 3.77. The van der Waals surface area contributed by atoms with Gasteiger partial charge in [0.1, 0.15) is 5.82 Å². The molecule has 1 unspecified atom stereocenters. The van der Waals surface area contributed by atoms with Crippen molar-refractivity contribution >= 4 is 0 Å². The third-order valence-electron chi connectivity index (χ3n) is 4.74. The average molecular weight is 263 g/mol. The largest absolute Gasteiger partial charge is 0.381 e. The summed E-state index contributed by atoms with van der Waals surface area (Å²) >= 11 is 0. The molecule has 19 heavy (non-hydrogen) atoms. The van der Waals surface area contributed by atoms with Crippen LogP contribution in [0.5, 0.6) is 0 Å². The molecule has 1 saturated carbocycles. The zero-order valence-electron chi connectivity index (χ0n) is 11.8. The van der Waals surface area contributed by atoms with Gasteiger partial charge >= 0.3 is 0 Å². The Morgan fingerprint density at radius 3 is 2.95 bits per heavy atom. The first-order valence-corrected chi connectivity index (χ1v) is 7.61. The van der Waals surface area contributed by atoms with E-state index in [1.54, 1.807) is 0 Å². The summed E-state index contributed by atoms with van der Waals surface area (Å²) in [6.07, 6.45) is 11.9. The van der Waals surface area contributed by atoms with Crippen LogP contribution in [0.25, 0.3) is 0 Å². The molecule has 2 heterocycles. The topological polar surface area (TPSA) is 39.1 Å². The third-order valence-corrected chi connectivity index (χ3v) is 4.74. The van der Waals surface area contributed by atoms with Gasteiger partial charge in [0.25, 0.3) is 0 Å². The Morgan fingerprint density at radius 2 is 2.16 bits per heavy atom. The van der Waals surface area contributed by atoms with Crippen molar-refractivity contribution in [3.63, 3.8) is 0 Å². The highest BCUT2D eigenvalue weighted by atomic mass is 16.5. The number of nitrogens with zero attached hydrogens (tertiary/aromatic N) is 2. The van der Waals surface area contributed by atoms with E-state index < -0.39 is 0 Å². The fourth-order valence-electron chi connectivity index (χ4n) is 3.44. The Balaban J connectivity index is 1.42. The van der Waals surface area contributed by atoms with E-state index >= 15 is 0 Å². The number of fused-ring (bicyclic) bond motifs is 1. The van der Waals surface area contributed by atoms with Crippen molar-refractivity contribution < 1.29 is 4.74 Å². The van der Waals surface area contributed by atoms with E-state index in [9.17, 15) is 0 Å². The predicted molar refractivity (Wildman–Crippen MR) is 75.1 cm³/mol. The SMILES string of the molecule is COC1CCC(NCC2CCc3nccn3C2)CC1. The van der Waals surface area contributed by atoms with E-state index in [1.807, 2.05) is 13.3 Å². The molecule has 4 nitrogen and oxygen atoms in total. The minimum atomic E-state index is 0.501. The highest BCUT2D eigenvalue weighted by molar-refractivity contribution is 4.97. The molecule has 1 aromatic heterocycles. The van der Waals surface area contributed by atoms with Crippen LogP contribution in [-0.4, -0.2) is 35.4 Å². The lowest BCUT2D eigenvalue weighted by molar-refractivity contribution is 0.0618. The van der Waals surface area contributed by atoms with E-state index in [4.69, 9.17) is 4.74 Å². The number of rotatable bonds is 4. The number of hydrogen-bond donors (Lipinski definition) is 1. The lowest BCUT2D eigenvalue weighted by Crippen LogP contribution is -2.39. The number of aryl methyl sites for hydroxylation is 1. The normalized spacial score (nSPS) is 31.1. The summed E-state index contributed by atoms with van der Waals surface area (Å²) in [5.41, 5.74) is 0. The van der Waals surface area contributed by atoms with Crippen molar-refractivity contribution in [1.82, 2.24) is 14.9 Å². The smallest absolute Gasteiger partial charge is 0.108 e. The molecule has 106 valence electrons. The molecule has 3 rings (SSSR count). The molecule has 1 N–H and O–H groups in total. The Labute approximate surface area is 115 Å². The van der Waals surface area contributed by atoms with E-state index in [2.05, 4.69) is 21.1 Å². The molecule has 0 bridgehead atoms. The van der Waals surface area contributed by atoms with Gasteiger partial charge in [-0.25, -0.2) is 4.98 Å². The summed E-state index contributed by atoms with van der Waals surface area (Å²) in [4.78, 5) is 4.39. The van der Waals surface area contributed by atoms with Gasteiger partial charge in [-0.15, -0.1) is 0 Å². The van der Waals surface area contributed by atoms with Gasteiger partial charge in [0.15, 0.2) is 0 Å². The first-order valence-electron chi connectivity index (χ1n) is 7.61. The molecule has 0 aromatic carbocycles. The molecular formula is C15H25N3O. The van der Waals surface area contributed by atoms with Gasteiger partial charge < -0.3 is 14.6 Å². The molecule has 0 spiro atoms. The van der Waals surface area contributed by atoms with Crippen LogP contribution < -0.4 is 5.32 Å². The van der Waals surface area contributed by atoms with Crippen LogP contribution in [-0.2, 0) is 17.7 Å². The molecule has 1 aromatic rings. The average Bonchev–Trinajstić information content (AvgIpc) is 2.93. The molecule has 2 aliphatic rings. The second kappa shape index (κ2) is 6.06. The zero-order chi connectivity index (χ0) is 13.1. The molecular weight excluding hydrogens is 238 g/mol. The van der Waals surface area contributed by atoms with Crippen molar-refractivity contribution in [2.24, 2.45) is 5.92 Å². The van der Waals surface area contributed by atoms with Crippen LogP contribution in [0.4, 0.5) is 0 Å². The predicted octanol–water partition coefficient (Wildman–Crippen LogP) is 1.99. The van der Waals surface area contributed by atoms with Crippen LogP contribution in [0.15, 0.2) is 12.4 Å². The van der Waals surface area contributed by atoms with Gasteiger partial charge in [-0.2, -0.15) is 0 Å². The number of imidazole rings is 1. The Morgan fingerprint density at radius 1 is 1.32 bits per heavy atom. The van der Waals surface area contributed by atoms with Gasteiger partial charge in [0, 0.05) is 38.5 Å². The maximum absolute atomic E-state index is 5.43. The monoisotopic (exact) mass is 263 g/mol. The van der Waals surface area contributed by atoms with E-state index in [0.29, 0.717) is 12.1 Å². The summed E-state index contributed by atoms with van der Waals surface area (Å²) in [6.45, 7) is 2.29. The molecule has 1 fully saturated rings. The summed E-state index contributed by atoms with van der Waals surface area (Å²) < 4.78 is 7.74. The maximum atomic E-state index is 5.43. The molecule has 0 saturated heterocycles. The van der Waals surface area contributed by atoms with Crippen LogP contribution in [0, 0.1) is 5.92 Å². The first-order chi connectivity index (χ1) is 9.35. The number of aromatic nitrogens is 2. The zero-order valence-corrected chi connectivity index (χ0v) is 11.8. The minimum absolute atomic E-state index is 0.501. The Bertz CT molecular complexity index is 396. The van der Waals surface area contributed by atoms with Crippen LogP contribution in [0.2, 0.25) is 0 Å². The molecule has 0 radical (unpaired) electrons. The van der Waals surface area contributed by atoms with Gasteiger partial charge in [-0.1, -0.05) is 0 Å². The van der Waals surface area contributed by atoms with Crippen LogP contribution in [0.1, 0.15) is 37.9 Å². The Kier molecular flexibility index (Phi) is 4.18. The van der Waals surface area contributed by atoms with E-state index in [0.717, 1.165) is 25.4 Å². The van der Waals surface area contributed by atoms with Crippen molar-refractivity contribution in [3.8, 4) is 0 Å². The first kappa shape index (κ1) is 13.1. The van der Waals surface area contributed by atoms with Crippen molar-refractivity contribution in [1.29, 1.82) is 0 Å².